The molecule has 2 rings (SSSR count). The summed E-state index contributed by atoms with van der Waals surface area (Å²) in [5.74, 6) is 0. The predicted molar refractivity (Wildman–Crippen MR) is 72.5 cm³/mol. The molecule has 0 spiro atoms. The highest BCUT2D eigenvalue weighted by Gasteiger charge is 2.16. The standard InChI is InChI=1S/C11H7BrCl2OS/c12-7-5-6(1-2-8(7)13)10(15)11-9(14)3-4-16-11/h1-5,10,15H. The van der Waals surface area contributed by atoms with Gasteiger partial charge in [0, 0.05) is 4.47 Å². The summed E-state index contributed by atoms with van der Waals surface area (Å²) >= 11 is 16.6. The van der Waals surface area contributed by atoms with Gasteiger partial charge >= 0.3 is 0 Å². The SMILES string of the molecule is OC(c1ccc(Cl)c(Br)c1)c1sccc1Cl. The van der Waals surface area contributed by atoms with Gasteiger partial charge in [-0.2, -0.15) is 0 Å². The van der Waals surface area contributed by atoms with Crippen LogP contribution in [0.2, 0.25) is 10.0 Å². The van der Waals surface area contributed by atoms with Crippen LogP contribution in [0.3, 0.4) is 0 Å². The van der Waals surface area contributed by atoms with Gasteiger partial charge in [-0.3, -0.25) is 0 Å². The lowest BCUT2D eigenvalue weighted by Crippen LogP contribution is -1.97. The minimum atomic E-state index is -0.707. The first-order chi connectivity index (χ1) is 7.59. The largest absolute Gasteiger partial charge is 0.383 e. The number of aliphatic hydroxyl groups excluding tert-OH is 1. The number of hydrogen-bond donors (Lipinski definition) is 1. The Kier molecular flexibility index (Phi) is 3.93. The lowest BCUT2D eigenvalue weighted by Gasteiger charge is -2.10. The molecule has 0 aliphatic heterocycles. The highest BCUT2D eigenvalue weighted by atomic mass is 79.9. The number of aliphatic hydroxyl groups is 1. The molecule has 1 atom stereocenters. The van der Waals surface area contributed by atoms with Crippen LogP contribution in [0.1, 0.15) is 16.5 Å². The average Bonchev–Trinajstić information content (AvgIpc) is 2.67. The molecule has 0 fully saturated rings. The Hall–Kier alpha value is -0.0600. The zero-order chi connectivity index (χ0) is 11.7. The molecule has 1 aromatic heterocycles. The van der Waals surface area contributed by atoms with Crippen LogP contribution in [-0.4, -0.2) is 5.11 Å². The first-order valence-corrected chi connectivity index (χ1v) is 6.88. The van der Waals surface area contributed by atoms with E-state index >= 15 is 0 Å². The third-order valence-electron chi connectivity index (χ3n) is 2.15. The number of hydrogen-bond acceptors (Lipinski definition) is 2. The summed E-state index contributed by atoms with van der Waals surface area (Å²) in [4.78, 5) is 0.746. The second kappa shape index (κ2) is 5.07. The molecule has 84 valence electrons. The van der Waals surface area contributed by atoms with Crippen molar-refractivity contribution in [2.45, 2.75) is 6.10 Å². The fourth-order valence-electron chi connectivity index (χ4n) is 1.33. The van der Waals surface area contributed by atoms with Crippen molar-refractivity contribution in [3.63, 3.8) is 0 Å². The zero-order valence-electron chi connectivity index (χ0n) is 7.95. The first-order valence-electron chi connectivity index (χ1n) is 4.45. The fraction of sp³-hybridized carbons (Fsp3) is 0.0909. The predicted octanol–water partition coefficient (Wildman–Crippen LogP) is 4.90. The first kappa shape index (κ1) is 12.4. The van der Waals surface area contributed by atoms with Gasteiger partial charge in [0.25, 0.3) is 0 Å². The second-order valence-electron chi connectivity index (χ2n) is 3.21. The number of halogens is 3. The van der Waals surface area contributed by atoms with Crippen LogP contribution < -0.4 is 0 Å². The summed E-state index contributed by atoms with van der Waals surface area (Å²) in [5, 5.41) is 13.2. The van der Waals surface area contributed by atoms with Gasteiger partial charge in [0.05, 0.1) is 14.9 Å². The molecule has 0 radical (unpaired) electrons. The normalized spacial score (nSPS) is 12.8. The van der Waals surface area contributed by atoms with Crippen molar-refractivity contribution in [3.8, 4) is 0 Å². The molecule has 16 heavy (non-hydrogen) atoms. The van der Waals surface area contributed by atoms with Crippen LogP contribution >= 0.6 is 50.5 Å². The Morgan fingerprint density at radius 2 is 1.94 bits per heavy atom. The molecule has 2 aromatic rings. The minimum Gasteiger partial charge on any atom is -0.383 e. The van der Waals surface area contributed by atoms with Gasteiger partial charge in [-0.25, -0.2) is 0 Å². The maximum Gasteiger partial charge on any atom is 0.115 e. The van der Waals surface area contributed by atoms with E-state index in [4.69, 9.17) is 23.2 Å². The number of thiophene rings is 1. The van der Waals surface area contributed by atoms with Gasteiger partial charge in [0.15, 0.2) is 0 Å². The van der Waals surface area contributed by atoms with E-state index in [1.165, 1.54) is 11.3 Å². The molecule has 1 unspecified atom stereocenters. The Bertz CT molecular complexity index is 512. The van der Waals surface area contributed by atoms with Gasteiger partial charge in [0.2, 0.25) is 0 Å². The Labute approximate surface area is 116 Å². The Balaban J connectivity index is 2.38. The van der Waals surface area contributed by atoms with Crippen LogP contribution in [0.4, 0.5) is 0 Å². The van der Waals surface area contributed by atoms with Gasteiger partial charge in [-0.05, 0) is 45.1 Å². The van der Waals surface area contributed by atoms with Crippen molar-refractivity contribution in [2.24, 2.45) is 0 Å². The van der Waals surface area contributed by atoms with E-state index in [9.17, 15) is 5.11 Å². The van der Waals surface area contributed by atoms with Crippen LogP contribution in [-0.2, 0) is 0 Å². The quantitative estimate of drug-likeness (QED) is 0.826. The van der Waals surface area contributed by atoms with Crippen molar-refractivity contribution >= 4 is 50.5 Å². The molecule has 1 N–H and O–H groups in total. The third kappa shape index (κ3) is 2.44. The van der Waals surface area contributed by atoms with E-state index in [0.29, 0.717) is 10.0 Å². The van der Waals surface area contributed by atoms with Gasteiger partial charge in [-0.1, -0.05) is 29.3 Å². The molecule has 1 nitrogen and oxygen atoms in total. The van der Waals surface area contributed by atoms with E-state index in [0.717, 1.165) is 14.9 Å². The second-order valence-corrected chi connectivity index (χ2v) is 5.83. The summed E-state index contributed by atoms with van der Waals surface area (Å²) in [5.41, 5.74) is 0.764. The molecule has 0 saturated carbocycles. The van der Waals surface area contributed by atoms with Crippen LogP contribution in [0.25, 0.3) is 0 Å². The molecule has 0 saturated heterocycles. The van der Waals surface area contributed by atoms with E-state index in [2.05, 4.69) is 15.9 Å². The van der Waals surface area contributed by atoms with E-state index < -0.39 is 6.10 Å². The van der Waals surface area contributed by atoms with Gasteiger partial charge in [-0.15, -0.1) is 11.3 Å². The van der Waals surface area contributed by atoms with Crippen molar-refractivity contribution in [2.75, 3.05) is 0 Å². The summed E-state index contributed by atoms with van der Waals surface area (Å²) in [7, 11) is 0. The lowest BCUT2D eigenvalue weighted by molar-refractivity contribution is 0.224. The maximum atomic E-state index is 10.1. The van der Waals surface area contributed by atoms with Crippen LogP contribution in [0, 0.1) is 0 Å². The van der Waals surface area contributed by atoms with E-state index in [1.807, 2.05) is 5.38 Å². The topological polar surface area (TPSA) is 20.2 Å². The summed E-state index contributed by atoms with van der Waals surface area (Å²) in [6, 6.07) is 7.10. The van der Waals surface area contributed by atoms with E-state index in [1.54, 1.807) is 24.3 Å². The molecule has 5 heteroatoms. The molecule has 0 bridgehead atoms. The minimum absolute atomic E-state index is 0.587. The Morgan fingerprint density at radius 1 is 1.19 bits per heavy atom. The average molecular weight is 338 g/mol. The molecular weight excluding hydrogens is 331 g/mol. The molecule has 1 heterocycles. The highest BCUT2D eigenvalue weighted by molar-refractivity contribution is 9.10. The van der Waals surface area contributed by atoms with Crippen LogP contribution in [0.5, 0.6) is 0 Å². The molecule has 0 aliphatic carbocycles. The molecule has 1 aromatic carbocycles. The highest BCUT2D eigenvalue weighted by Crippen LogP contribution is 2.34. The summed E-state index contributed by atoms with van der Waals surface area (Å²) in [6.07, 6.45) is -0.707. The lowest BCUT2D eigenvalue weighted by atomic mass is 10.1. The van der Waals surface area contributed by atoms with Crippen molar-refractivity contribution in [1.82, 2.24) is 0 Å². The zero-order valence-corrected chi connectivity index (χ0v) is 11.9. The summed E-state index contributed by atoms with van der Waals surface area (Å²) in [6.45, 7) is 0. The monoisotopic (exact) mass is 336 g/mol. The fourth-order valence-corrected chi connectivity index (χ4v) is 3.02. The van der Waals surface area contributed by atoms with Crippen molar-refractivity contribution < 1.29 is 5.11 Å². The van der Waals surface area contributed by atoms with Crippen molar-refractivity contribution in [3.05, 3.63) is 54.6 Å². The van der Waals surface area contributed by atoms with Gasteiger partial charge in [0.1, 0.15) is 6.10 Å². The number of benzene rings is 1. The van der Waals surface area contributed by atoms with Crippen LogP contribution in [0.15, 0.2) is 34.1 Å². The smallest absolute Gasteiger partial charge is 0.115 e. The van der Waals surface area contributed by atoms with E-state index in [-0.39, 0.29) is 0 Å². The third-order valence-corrected chi connectivity index (χ3v) is 4.78. The van der Waals surface area contributed by atoms with Crippen molar-refractivity contribution in [1.29, 1.82) is 0 Å². The molecule has 0 aliphatic rings. The Morgan fingerprint density at radius 3 is 2.50 bits per heavy atom. The number of rotatable bonds is 2. The van der Waals surface area contributed by atoms with Gasteiger partial charge < -0.3 is 5.11 Å². The maximum absolute atomic E-state index is 10.1. The summed E-state index contributed by atoms with van der Waals surface area (Å²) < 4.78 is 0.762. The molecular formula is C11H7BrCl2OS. The molecule has 0 amide bonds.